The third-order valence-electron chi connectivity index (χ3n) is 5.79. The normalized spacial score (nSPS) is 16.9. The summed E-state index contributed by atoms with van der Waals surface area (Å²) in [6.45, 7) is 3.84. The molecule has 0 spiro atoms. The third kappa shape index (κ3) is 11.5. The first-order valence-electron chi connectivity index (χ1n) is 12.2. The molecule has 0 radical (unpaired) electrons. The molecule has 1 fully saturated rings. The van der Waals surface area contributed by atoms with Gasteiger partial charge in [0.25, 0.3) is 0 Å². The number of hydrogen-bond donors (Lipinski definition) is 3. The van der Waals surface area contributed by atoms with Crippen molar-refractivity contribution in [3.8, 4) is 11.5 Å². The van der Waals surface area contributed by atoms with Crippen molar-refractivity contribution < 1.29 is 38.7 Å². The fourth-order valence-corrected chi connectivity index (χ4v) is 3.96. The van der Waals surface area contributed by atoms with Crippen LogP contribution in [0.4, 0.5) is 0 Å². The number of carbonyl (C=O) groups is 2. The van der Waals surface area contributed by atoms with E-state index < -0.39 is 11.9 Å². The van der Waals surface area contributed by atoms with Gasteiger partial charge in [0.15, 0.2) is 11.5 Å². The highest BCUT2D eigenvalue weighted by molar-refractivity contribution is 6.27. The Hall–Kier alpha value is -3.14. The van der Waals surface area contributed by atoms with Crippen LogP contribution in [0.25, 0.3) is 0 Å². The van der Waals surface area contributed by atoms with E-state index in [2.05, 4.69) is 35.6 Å². The highest BCUT2D eigenvalue weighted by Crippen LogP contribution is 2.32. The van der Waals surface area contributed by atoms with Crippen LogP contribution in [0.5, 0.6) is 11.5 Å². The molecule has 1 aliphatic rings. The van der Waals surface area contributed by atoms with Gasteiger partial charge in [-0.3, -0.25) is 0 Å². The summed E-state index contributed by atoms with van der Waals surface area (Å²) in [5, 5.41) is 18.4. The Morgan fingerprint density at radius 3 is 1.94 bits per heavy atom. The zero-order valence-corrected chi connectivity index (χ0v) is 20.8. The maximum atomic E-state index is 9.10. The topological polar surface area (TPSA) is 124 Å². The molecule has 2 aromatic rings. The highest BCUT2D eigenvalue weighted by Gasteiger charge is 2.21. The van der Waals surface area contributed by atoms with Gasteiger partial charge in [-0.05, 0) is 49.3 Å². The summed E-state index contributed by atoms with van der Waals surface area (Å²) >= 11 is 0. The van der Waals surface area contributed by atoms with E-state index in [9.17, 15) is 0 Å². The van der Waals surface area contributed by atoms with Crippen LogP contribution in [-0.2, 0) is 19.1 Å². The van der Waals surface area contributed by atoms with Crippen LogP contribution in [0.2, 0.25) is 0 Å². The van der Waals surface area contributed by atoms with Crippen LogP contribution in [0.1, 0.15) is 37.2 Å². The quantitative estimate of drug-likeness (QED) is 0.278. The molecular weight excluding hydrogens is 466 g/mol. The summed E-state index contributed by atoms with van der Waals surface area (Å²) in [7, 11) is 1.64. The molecule has 3 rings (SSSR count). The molecule has 36 heavy (non-hydrogen) atoms. The van der Waals surface area contributed by atoms with Gasteiger partial charge < -0.3 is 34.5 Å². The van der Waals surface area contributed by atoms with Crippen molar-refractivity contribution in [1.82, 2.24) is 5.32 Å². The molecule has 0 aliphatic heterocycles. The van der Waals surface area contributed by atoms with Crippen LogP contribution in [0.3, 0.4) is 0 Å². The molecule has 9 nitrogen and oxygen atoms in total. The standard InChI is InChI=1S/C25H35NO4.C2H2O4/c1-27-24-9-5-6-10-25(24)30-20-19-29-18-17-28-16-15-26-23-13-11-22(12-14-23)21-7-3-2-4-8-21;3-1(4)2(5)6/h2-10,22-23,26H,11-20H2,1H3;(H,3,4)(H,5,6). The van der Waals surface area contributed by atoms with Crippen molar-refractivity contribution in [2.24, 2.45) is 0 Å². The fourth-order valence-electron chi connectivity index (χ4n) is 3.96. The monoisotopic (exact) mass is 503 g/mol. The average molecular weight is 504 g/mol. The lowest BCUT2D eigenvalue weighted by Crippen LogP contribution is -2.35. The van der Waals surface area contributed by atoms with Crippen molar-refractivity contribution >= 4 is 11.9 Å². The Labute approximate surface area is 212 Å². The molecule has 0 amide bonds. The third-order valence-corrected chi connectivity index (χ3v) is 5.79. The highest BCUT2D eigenvalue weighted by atomic mass is 16.6. The van der Waals surface area contributed by atoms with Gasteiger partial charge in [-0.1, -0.05) is 42.5 Å². The molecule has 0 atom stereocenters. The van der Waals surface area contributed by atoms with Crippen molar-refractivity contribution in [2.45, 2.75) is 37.6 Å². The Balaban J connectivity index is 0.000000678. The number of carboxylic acid groups (broad SMARTS) is 2. The zero-order chi connectivity index (χ0) is 26.0. The van der Waals surface area contributed by atoms with E-state index in [0.717, 1.165) is 30.6 Å². The number of nitrogens with one attached hydrogen (secondary N) is 1. The summed E-state index contributed by atoms with van der Waals surface area (Å²) in [6.07, 6.45) is 5.03. The lowest BCUT2D eigenvalue weighted by Gasteiger charge is -2.29. The van der Waals surface area contributed by atoms with Crippen molar-refractivity contribution in [3.05, 3.63) is 60.2 Å². The van der Waals surface area contributed by atoms with Gasteiger partial charge in [-0.15, -0.1) is 0 Å². The van der Waals surface area contributed by atoms with E-state index in [1.807, 2.05) is 24.3 Å². The van der Waals surface area contributed by atoms with Gasteiger partial charge in [0.1, 0.15) is 6.61 Å². The van der Waals surface area contributed by atoms with Gasteiger partial charge in [0.2, 0.25) is 0 Å². The number of aliphatic carboxylic acids is 2. The van der Waals surface area contributed by atoms with Crippen LogP contribution < -0.4 is 14.8 Å². The van der Waals surface area contributed by atoms with E-state index >= 15 is 0 Å². The van der Waals surface area contributed by atoms with E-state index in [1.54, 1.807) is 7.11 Å². The van der Waals surface area contributed by atoms with Gasteiger partial charge >= 0.3 is 11.9 Å². The number of para-hydroxylation sites is 2. The summed E-state index contributed by atoms with van der Waals surface area (Å²) in [4.78, 5) is 18.2. The molecule has 0 bridgehead atoms. The van der Waals surface area contributed by atoms with Crippen molar-refractivity contribution in [2.75, 3.05) is 46.7 Å². The summed E-state index contributed by atoms with van der Waals surface area (Å²) in [5.41, 5.74) is 1.49. The van der Waals surface area contributed by atoms with Gasteiger partial charge in [0, 0.05) is 12.6 Å². The molecule has 9 heteroatoms. The van der Waals surface area contributed by atoms with Crippen LogP contribution >= 0.6 is 0 Å². The van der Waals surface area contributed by atoms with E-state index in [1.165, 1.54) is 31.2 Å². The summed E-state index contributed by atoms with van der Waals surface area (Å²) in [5.74, 6) is -1.44. The number of hydrogen-bond acceptors (Lipinski definition) is 7. The van der Waals surface area contributed by atoms with Crippen molar-refractivity contribution in [3.63, 3.8) is 0 Å². The largest absolute Gasteiger partial charge is 0.493 e. The predicted octanol–water partition coefficient (Wildman–Crippen LogP) is 3.58. The molecule has 0 unspecified atom stereocenters. The summed E-state index contributed by atoms with van der Waals surface area (Å²) in [6, 6.07) is 19.2. The van der Waals surface area contributed by atoms with Crippen molar-refractivity contribution in [1.29, 1.82) is 0 Å². The first-order chi connectivity index (χ1) is 17.5. The van der Waals surface area contributed by atoms with Crippen LogP contribution in [0.15, 0.2) is 54.6 Å². The van der Waals surface area contributed by atoms with Crippen LogP contribution in [0, 0.1) is 0 Å². The molecule has 0 saturated heterocycles. The first-order valence-corrected chi connectivity index (χ1v) is 12.2. The number of carboxylic acids is 2. The second kappa shape index (κ2) is 17.3. The average Bonchev–Trinajstić information content (AvgIpc) is 2.91. The predicted molar refractivity (Wildman–Crippen MR) is 135 cm³/mol. The van der Waals surface area contributed by atoms with Gasteiger partial charge in [-0.2, -0.15) is 0 Å². The second-order valence-corrected chi connectivity index (χ2v) is 8.25. The SMILES string of the molecule is COc1ccccc1OCCOCCOCCNC1CCC(c2ccccc2)CC1.O=C(O)C(=O)O. The minimum atomic E-state index is -1.82. The maximum absolute atomic E-state index is 9.10. The Morgan fingerprint density at radius 1 is 0.778 bits per heavy atom. The molecule has 2 aromatic carbocycles. The van der Waals surface area contributed by atoms with E-state index in [4.69, 9.17) is 38.7 Å². The lowest BCUT2D eigenvalue weighted by atomic mass is 9.82. The van der Waals surface area contributed by atoms with E-state index in [-0.39, 0.29) is 0 Å². The smallest absolute Gasteiger partial charge is 0.414 e. The fraction of sp³-hybridized carbons (Fsp3) is 0.481. The number of methoxy groups -OCH3 is 1. The molecule has 1 saturated carbocycles. The minimum Gasteiger partial charge on any atom is -0.493 e. The maximum Gasteiger partial charge on any atom is 0.414 e. The Bertz CT molecular complexity index is 872. The minimum absolute atomic E-state index is 0.494. The van der Waals surface area contributed by atoms with Crippen LogP contribution in [-0.4, -0.2) is 74.9 Å². The molecule has 0 heterocycles. The van der Waals surface area contributed by atoms with E-state index in [0.29, 0.717) is 32.5 Å². The summed E-state index contributed by atoms with van der Waals surface area (Å²) < 4.78 is 22.2. The molecule has 0 aromatic heterocycles. The Kier molecular flexibility index (Phi) is 14.0. The molecule has 1 aliphatic carbocycles. The van der Waals surface area contributed by atoms with Gasteiger partial charge in [0.05, 0.1) is 33.5 Å². The number of ether oxygens (including phenoxy) is 4. The Morgan fingerprint density at radius 2 is 1.33 bits per heavy atom. The molecule has 198 valence electrons. The van der Waals surface area contributed by atoms with Gasteiger partial charge in [-0.25, -0.2) is 9.59 Å². The number of benzene rings is 2. The second-order valence-electron chi connectivity index (χ2n) is 8.25. The first kappa shape index (κ1) is 29.1. The molecule has 3 N–H and O–H groups in total. The zero-order valence-electron chi connectivity index (χ0n) is 20.8. The molecular formula is C27H37NO8. The number of rotatable bonds is 13. The lowest BCUT2D eigenvalue weighted by molar-refractivity contribution is -0.159.